The smallest absolute Gasteiger partial charge is 0.243 e. The van der Waals surface area contributed by atoms with Crippen LogP contribution >= 0.6 is 0 Å². The van der Waals surface area contributed by atoms with E-state index in [-0.39, 0.29) is 29.0 Å². The first-order valence-electron chi connectivity index (χ1n) is 14.9. The van der Waals surface area contributed by atoms with Gasteiger partial charge >= 0.3 is 0 Å². The number of hydrogen-bond acceptors (Lipinski definition) is 9. The average Bonchev–Trinajstić information content (AvgIpc) is 3.45. The average molecular weight is 660 g/mol. The number of aliphatic hydroxyl groups excluding tert-OH is 1. The van der Waals surface area contributed by atoms with Gasteiger partial charge in [-0.2, -0.15) is 4.31 Å². The van der Waals surface area contributed by atoms with E-state index in [9.17, 15) is 21.9 Å². The van der Waals surface area contributed by atoms with Gasteiger partial charge < -0.3 is 24.6 Å². The molecule has 2 fully saturated rings. The molecule has 0 aliphatic carbocycles. The Hall–Kier alpha value is -2.88. The van der Waals surface area contributed by atoms with Crippen molar-refractivity contribution >= 4 is 20.0 Å². The first kappa shape index (κ1) is 33.5. The molecule has 2 aliphatic rings. The molecule has 11 nitrogen and oxygen atoms in total. The molecule has 0 amide bonds. The van der Waals surface area contributed by atoms with Crippen LogP contribution < -0.4 is 14.8 Å². The van der Waals surface area contributed by atoms with Crippen LogP contribution in [-0.2, 0) is 36.1 Å². The third-order valence-electron chi connectivity index (χ3n) is 8.35. The van der Waals surface area contributed by atoms with Crippen LogP contribution in [0.1, 0.15) is 24.8 Å². The summed E-state index contributed by atoms with van der Waals surface area (Å²) in [4.78, 5) is 0.353. The van der Waals surface area contributed by atoms with Crippen LogP contribution in [0, 0.1) is 0 Å². The van der Waals surface area contributed by atoms with Crippen molar-refractivity contribution in [2.24, 2.45) is 0 Å². The molecule has 5 rings (SSSR count). The molecule has 0 radical (unpaired) electrons. The molecule has 2 saturated heterocycles. The number of nitrogens with one attached hydrogen (secondary N) is 2. The highest BCUT2D eigenvalue weighted by molar-refractivity contribution is 7.89. The highest BCUT2D eigenvalue weighted by Gasteiger charge is 2.44. The summed E-state index contributed by atoms with van der Waals surface area (Å²) in [7, 11) is -4.29. The van der Waals surface area contributed by atoms with E-state index in [1.807, 2.05) is 30.3 Å². The SMILES string of the molecule is CNS(=O)(=O)c1cccc(OCC(O)CNC2COC3(CCN(S(=O)(=O)c4cccc(-c5cccc(COC)c5)c4)CC3)C2)c1. The van der Waals surface area contributed by atoms with Crippen molar-refractivity contribution in [2.45, 2.75) is 53.4 Å². The Morgan fingerprint density at radius 2 is 1.67 bits per heavy atom. The maximum Gasteiger partial charge on any atom is 0.243 e. The molecule has 2 aliphatic heterocycles. The Morgan fingerprint density at radius 3 is 2.40 bits per heavy atom. The van der Waals surface area contributed by atoms with Crippen LogP contribution in [0.25, 0.3) is 11.1 Å². The van der Waals surface area contributed by atoms with Crippen molar-refractivity contribution in [2.75, 3.05) is 47.0 Å². The zero-order valence-electron chi connectivity index (χ0n) is 25.5. The van der Waals surface area contributed by atoms with E-state index >= 15 is 0 Å². The lowest BCUT2D eigenvalue weighted by atomic mass is 9.88. The van der Waals surface area contributed by atoms with Gasteiger partial charge in [-0.15, -0.1) is 0 Å². The first-order chi connectivity index (χ1) is 21.5. The number of methoxy groups -OCH3 is 1. The Morgan fingerprint density at radius 1 is 0.978 bits per heavy atom. The van der Waals surface area contributed by atoms with Crippen LogP contribution in [0.3, 0.4) is 0 Å². The standard InChI is InChI=1S/C32H41N3O8S2/c1-33-44(37,38)30-10-5-9-29(18-30)42-23-28(36)20-34-27-19-32(43-22-27)12-14-35(15-13-32)45(39,40)31-11-4-8-26(17-31)25-7-3-6-24(16-25)21-41-2/h3-11,16-18,27-28,33-34,36H,12-15,19-23H2,1-2H3. The lowest BCUT2D eigenvalue weighted by molar-refractivity contribution is -0.0312. The largest absolute Gasteiger partial charge is 0.491 e. The lowest BCUT2D eigenvalue weighted by Crippen LogP contribution is -2.47. The molecule has 2 heterocycles. The molecule has 0 saturated carbocycles. The summed E-state index contributed by atoms with van der Waals surface area (Å²) in [5.41, 5.74) is 2.37. The fraction of sp³-hybridized carbons (Fsp3) is 0.438. The van der Waals surface area contributed by atoms with E-state index in [0.29, 0.717) is 51.3 Å². The van der Waals surface area contributed by atoms with E-state index in [1.54, 1.807) is 41.7 Å². The van der Waals surface area contributed by atoms with E-state index in [1.165, 1.54) is 19.2 Å². The molecule has 244 valence electrons. The van der Waals surface area contributed by atoms with Gasteiger partial charge in [0.15, 0.2) is 0 Å². The van der Waals surface area contributed by atoms with E-state index in [2.05, 4.69) is 10.0 Å². The van der Waals surface area contributed by atoms with Gasteiger partial charge in [0.1, 0.15) is 18.5 Å². The van der Waals surface area contributed by atoms with Gasteiger partial charge in [-0.25, -0.2) is 21.6 Å². The molecule has 2 unspecified atom stereocenters. The van der Waals surface area contributed by atoms with Crippen LogP contribution in [0.2, 0.25) is 0 Å². The summed E-state index contributed by atoms with van der Waals surface area (Å²) in [6.45, 7) is 1.93. The Labute approximate surface area is 265 Å². The molecule has 3 aromatic carbocycles. The lowest BCUT2D eigenvalue weighted by Gasteiger charge is -2.38. The zero-order valence-corrected chi connectivity index (χ0v) is 27.1. The fourth-order valence-electron chi connectivity index (χ4n) is 5.85. The second-order valence-corrected chi connectivity index (χ2v) is 15.3. The molecule has 45 heavy (non-hydrogen) atoms. The summed E-state index contributed by atoms with van der Waals surface area (Å²) >= 11 is 0. The third kappa shape index (κ3) is 8.10. The van der Waals surface area contributed by atoms with Crippen LogP contribution in [-0.4, -0.2) is 91.0 Å². The molecule has 2 atom stereocenters. The van der Waals surface area contributed by atoms with Gasteiger partial charge in [0, 0.05) is 38.9 Å². The topological polar surface area (TPSA) is 144 Å². The van der Waals surface area contributed by atoms with E-state index in [0.717, 1.165) is 16.7 Å². The Balaban J connectivity index is 1.11. The van der Waals surface area contributed by atoms with E-state index < -0.39 is 31.8 Å². The summed E-state index contributed by atoms with van der Waals surface area (Å²) < 4.78 is 72.1. The normalized spacial score (nSPS) is 19.5. The molecule has 1 spiro atoms. The van der Waals surface area contributed by atoms with Crippen molar-refractivity contribution in [1.29, 1.82) is 0 Å². The van der Waals surface area contributed by atoms with Crippen molar-refractivity contribution in [3.8, 4) is 16.9 Å². The highest BCUT2D eigenvalue weighted by atomic mass is 32.2. The minimum absolute atomic E-state index is 0.0115. The number of aliphatic hydroxyl groups is 1. The number of hydrogen-bond donors (Lipinski definition) is 3. The van der Waals surface area contributed by atoms with Gasteiger partial charge in [0.05, 0.1) is 28.6 Å². The predicted octanol–water partition coefficient (Wildman–Crippen LogP) is 2.75. The second kappa shape index (κ2) is 14.3. The number of nitrogens with zero attached hydrogens (tertiary/aromatic N) is 1. The van der Waals surface area contributed by atoms with Crippen LogP contribution in [0.15, 0.2) is 82.6 Å². The van der Waals surface area contributed by atoms with Crippen molar-refractivity contribution < 1.29 is 36.2 Å². The van der Waals surface area contributed by atoms with Gasteiger partial charge in [-0.3, -0.25) is 0 Å². The minimum Gasteiger partial charge on any atom is -0.491 e. The van der Waals surface area contributed by atoms with Gasteiger partial charge in [0.2, 0.25) is 20.0 Å². The Bertz CT molecular complexity index is 1670. The molecule has 13 heteroatoms. The molecule has 3 aromatic rings. The van der Waals surface area contributed by atoms with Gasteiger partial charge in [-0.05, 0) is 73.3 Å². The fourth-order valence-corrected chi connectivity index (χ4v) is 8.11. The van der Waals surface area contributed by atoms with E-state index in [4.69, 9.17) is 14.2 Å². The summed E-state index contributed by atoms with van der Waals surface area (Å²) in [5.74, 6) is 0.346. The van der Waals surface area contributed by atoms with Crippen LogP contribution in [0.4, 0.5) is 0 Å². The molecular weight excluding hydrogens is 618 g/mol. The summed E-state index contributed by atoms with van der Waals surface area (Å²) in [6, 6.07) is 21.0. The molecule has 0 bridgehead atoms. The highest BCUT2D eigenvalue weighted by Crippen LogP contribution is 2.37. The van der Waals surface area contributed by atoms with Gasteiger partial charge in [0.25, 0.3) is 0 Å². The Kier molecular flexibility index (Phi) is 10.6. The molecule has 0 aromatic heterocycles. The maximum absolute atomic E-state index is 13.6. The maximum atomic E-state index is 13.6. The summed E-state index contributed by atoms with van der Waals surface area (Å²) in [6.07, 6.45) is 1.06. The molecular formula is C32H41N3O8S2. The predicted molar refractivity (Wildman–Crippen MR) is 170 cm³/mol. The second-order valence-electron chi connectivity index (χ2n) is 11.5. The minimum atomic E-state index is -3.68. The first-order valence-corrected chi connectivity index (χ1v) is 17.9. The zero-order chi connectivity index (χ0) is 32.1. The van der Waals surface area contributed by atoms with Crippen LogP contribution in [0.5, 0.6) is 5.75 Å². The summed E-state index contributed by atoms with van der Waals surface area (Å²) in [5, 5.41) is 13.8. The van der Waals surface area contributed by atoms with Crippen molar-refractivity contribution in [3.63, 3.8) is 0 Å². The van der Waals surface area contributed by atoms with Crippen molar-refractivity contribution in [1.82, 2.24) is 14.3 Å². The van der Waals surface area contributed by atoms with Crippen molar-refractivity contribution in [3.05, 3.63) is 78.4 Å². The monoisotopic (exact) mass is 659 g/mol. The number of benzene rings is 3. The molecule has 3 N–H and O–H groups in total. The number of rotatable bonds is 13. The van der Waals surface area contributed by atoms with Gasteiger partial charge in [-0.1, -0.05) is 36.4 Å². The number of piperidine rings is 1. The number of sulfonamides is 2. The third-order valence-corrected chi connectivity index (χ3v) is 11.7. The quantitative estimate of drug-likeness (QED) is 0.252. The number of ether oxygens (including phenoxy) is 3.